The van der Waals surface area contributed by atoms with E-state index in [1.165, 1.54) is 5.56 Å². The van der Waals surface area contributed by atoms with Crippen LogP contribution in [0, 0.1) is 0 Å². The van der Waals surface area contributed by atoms with E-state index in [1.807, 2.05) is 24.3 Å². The molecule has 0 unspecified atom stereocenters. The third-order valence-electron chi connectivity index (χ3n) is 3.93. The molecule has 3 nitrogen and oxygen atoms in total. The number of pyridine rings is 3. The quantitative estimate of drug-likeness (QED) is 0.718. The number of rotatable bonds is 3. The molecule has 0 aromatic carbocycles. The average Bonchev–Trinajstić information content (AvgIpc) is 3.18. The Morgan fingerprint density at radius 1 is 0.652 bits per heavy atom. The van der Waals surface area contributed by atoms with Crippen molar-refractivity contribution in [2.45, 2.75) is 5.92 Å². The number of nitrogens with zero attached hydrogens (tertiary/aromatic N) is 3. The number of aromatic nitrogens is 3. The highest BCUT2D eigenvalue weighted by atomic mass is 14.7. The highest BCUT2D eigenvalue weighted by Crippen LogP contribution is 2.30. The summed E-state index contributed by atoms with van der Waals surface area (Å²) in [6.45, 7) is 0. The third kappa shape index (κ3) is 2.81. The molecule has 0 saturated carbocycles. The molecule has 1 aliphatic rings. The van der Waals surface area contributed by atoms with E-state index in [0.717, 1.165) is 22.5 Å². The van der Waals surface area contributed by atoms with Crippen LogP contribution in [0.2, 0.25) is 0 Å². The Balaban J connectivity index is 1.87. The molecule has 3 heteroatoms. The van der Waals surface area contributed by atoms with Gasteiger partial charge < -0.3 is 0 Å². The van der Waals surface area contributed by atoms with Crippen molar-refractivity contribution in [3.63, 3.8) is 0 Å². The Hall–Kier alpha value is -3.07. The van der Waals surface area contributed by atoms with Gasteiger partial charge in [-0.05, 0) is 42.0 Å². The molecule has 0 fully saturated rings. The second-order valence-corrected chi connectivity index (χ2v) is 5.44. The molecular formula is C20H15N3. The van der Waals surface area contributed by atoms with Crippen molar-refractivity contribution in [1.29, 1.82) is 0 Å². The van der Waals surface area contributed by atoms with Crippen LogP contribution in [-0.4, -0.2) is 15.0 Å². The molecule has 0 spiro atoms. The zero-order chi connectivity index (χ0) is 15.5. The highest BCUT2D eigenvalue weighted by molar-refractivity contribution is 5.67. The lowest BCUT2D eigenvalue weighted by Crippen LogP contribution is -1.96. The average molecular weight is 297 g/mol. The van der Waals surface area contributed by atoms with E-state index in [2.05, 4.69) is 46.4 Å². The molecule has 3 heterocycles. The second-order valence-electron chi connectivity index (χ2n) is 5.44. The first-order valence-electron chi connectivity index (χ1n) is 7.58. The Kier molecular flexibility index (Phi) is 3.53. The summed E-state index contributed by atoms with van der Waals surface area (Å²) in [5, 5.41) is 0. The topological polar surface area (TPSA) is 38.7 Å². The molecule has 110 valence electrons. The monoisotopic (exact) mass is 297 g/mol. The summed E-state index contributed by atoms with van der Waals surface area (Å²) in [5.41, 5.74) is 5.31. The van der Waals surface area contributed by atoms with Crippen LogP contribution in [-0.2, 0) is 0 Å². The van der Waals surface area contributed by atoms with Gasteiger partial charge in [0.2, 0.25) is 0 Å². The summed E-state index contributed by atoms with van der Waals surface area (Å²) in [6.07, 6.45) is 15.8. The second kappa shape index (κ2) is 5.97. The molecule has 23 heavy (non-hydrogen) atoms. The summed E-state index contributed by atoms with van der Waals surface area (Å²) >= 11 is 0. The highest BCUT2D eigenvalue weighted by Gasteiger charge is 2.12. The van der Waals surface area contributed by atoms with Gasteiger partial charge in [0.1, 0.15) is 0 Å². The molecule has 4 rings (SSSR count). The first kappa shape index (κ1) is 13.6. The van der Waals surface area contributed by atoms with Gasteiger partial charge in [0.25, 0.3) is 0 Å². The number of hydrogen-bond acceptors (Lipinski definition) is 3. The smallest absolute Gasteiger partial charge is 0.0713 e. The third-order valence-corrected chi connectivity index (χ3v) is 3.93. The lowest BCUT2D eigenvalue weighted by Gasteiger charge is -2.12. The van der Waals surface area contributed by atoms with Crippen molar-refractivity contribution in [3.8, 4) is 22.5 Å². The maximum Gasteiger partial charge on any atom is 0.0713 e. The van der Waals surface area contributed by atoms with E-state index in [4.69, 9.17) is 4.98 Å². The molecule has 1 aliphatic carbocycles. The van der Waals surface area contributed by atoms with Crippen LogP contribution in [0.3, 0.4) is 0 Å². The summed E-state index contributed by atoms with van der Waals surface area (Å²) in [4.78, 5) is 13.0. The lowest BCUT2D eigenvalue weighted by atomic mass is 9.97. The molecule has 0 bridgehead atoms. The minimum absolute atomic E-state index is 0.305. The van der Waals surface area contributed by atoms with E-state index in [-0.39, 0.29) is 0 Å². The van der Waals surface area contributed by atoms with Crippen LogP contribution in [0.5, 0.6) is 0 Å². The summed E-state index contributed by atoms with van der Waals surface area (Å²) in [7, 11) is 0. The van der Waals surface area contributed by atoms with E-state index in [9.17, 15) is 0 Å². The van der Waals surface area contributed by atoms with E-state index < -0.39 is 0 Å². The van der Waals surface area contributed by atoms with Crippen molar-refractivity contribution in [1.82, 2.24) is 15.0 Å². The SMILES string of the molecule is C1=CC(c2cc(-c3ccncc3)nc(-c3ccncc3)c2)C=C1. The predicted molar refractivity (Wildman–Crippen MR) is 91.7 cm³/mol. The van der Waals surface area contributed by atoms with Gasteiger partial charge in [-0.25, -0.2) is 4.98 Å². The minimum Gasteiger partial charge on any atom is -0.265 e. The summed E-state index contributed by atoms with van der Waals surface area (Å²) in [5.74, 6) is 0.305. The van der Waals surface area contributed by atoms with Crippen LogP contribution in [0.4, 0.5) is 0 Å². The largest absolute Gasteiger partial charge is 0.265 e. The van der Waals surface area contributed by atoms with Gasteiger partial charge >= 0.3 is 0 Å². The maximum atomic E-state index is 4.84. The standard InChI is InChI=1S/C20H15N3/c1-2-4-15(3-1)18-13-19(16-5-9-21-10-6-16)23-20(14-18)17-7-11-22-12-8-17/h1-15H. The Labute approximate surface area is 135 Å². The first-order chi connectivity index (χ1) is 11.4. The van der Waals surface area contributed by atoms with Crippen molar-refractivity contribution in [2.75, 3.05) is 0 Å². The fraction of sp³-hybridized carbons (Fsp3) is 0.0500. The fourth-order valence-electron chi connectivity index (χ4n) is 2.74. The van der Waals surface area contributed by atoms with Crippen LogP contribution in [0.1, 0.15) is 11.5 Å². The Bertz CT molecular complexity index is 798. The van der Waals surface area contributed by atoms with Gasteiger partial charge in [-0.2, -0.15) is 0 Å². The van der Waals surface area contributed by atoms with E-state index in [1.54, 1.807) is 24.8 Å². The van der Waals surface area contributed by atoms with Crippen LogP contribution < -0.4 is 0 Å². The zero-order valence-electron chi connectivity index (χ0n) is 12.5. The molecule has 0 radical (unpaired) electrons. The van der Waals surface area contributed by atoms with Crippen LogP contribution >= 0.6 is 0 Å². The fourth-order valence-corrected chi connectivity index (χ4v) is 2.74. The number of allylic oxidation sites excluding steroid dienone is 4. The molecule has 0 N–H and O–H groups in total. The molecular weight excluding hydrogens is 282 g/mol. The van der Waals surface area contributed by atoms with E-state index in [0.29, 0.717) is 5.92 Å². The normalized spacial score (nSPS) is 13.6. The molecule has 0 amide bonds. The Morgan fingerprint density at radius 3 is 1.61 bits per heavy atom. The minimum atomic E-state index is 0.305. The van der Waals surface area contributed by atoms with Crippen molar-refractivity contribution in [3.05, 3.63) is 91.1 Å². The molecule has 0 atom stereocenters. The van der Waals surface area contributed by atoms with Gasteiger partial charge in [0.15, 0.2) is 0 Å². The summed E-state index contributed by atoms with van der Waals surface area (Å²) in [6, 6.07) is 12.3. The molecule has 3 aromatic rings. The molecule has 0 saturated heterocycles. The van der Waals surface area contributed by atoms with Crippen LogP contribution in [0.25, 0.3) is 22.5 Å². The first-order valence-corrected chi connectivity index (χ1v) is 7.58. The van der Waals surface area contributed by atoms with Gasteiger partial charge in [0.05, 0.1) is 11.4 Å². The van der Waals surface area contributed by atoms with E-state index >= 15 is 0 Å². The van der Waals surface area contributed by atoms with Gasteiger partial charge in [-0.15, -0.1) is 0 Å². The van der Waals surface area contributed by atoms with Gasteiger partial charge in [-0.3, -0.25) is 9.97 Å². The zero-order valence-corrected chi connectivity index (χ0v) is 12.5. The number of hydrogen-bond donors (Lipinski definition) is 0. The van der Waals surface area contributed by atoms with Crippen molar-refractivity contribution in [2.24, 2.45) is 0 Å². The maximum absolute atomic E-state index is 4.84. The summed E-state index contributed by atoms with van der Waals surface area (Å²) < 4.78 is 0. The van der Waals surface area contributed by atoms with Crippen LogP contribution in [0.15, 0.2) is 85.5 Å². The Morgan fingerprint density at radius 2 is 1.13 bits per heavy atom. The van der Waals surface area contributed by atoms with Gasteiger partial charge in [-0.1, -0.05) is 24.3 Å². The molecule has 0 aliphatic heterocycles. The van der Waals surface area contributed by atoms with Crippen molar-refractivity contribution < 1.29 is 0 Å². The molecule has 3 aromatic heterocycles. The predicted octanol–water partition coefficient (Wildman–Crippen LogP) is 4.42. The van der Waals surface area contributed by atoms with Crippen molar-refractivity contribution >= 4 is 0 Å². The lowest BCUT2D eigenvalue weighted by molar-refractivity contribution is 1.09. The van der Waals surface area contributed by atoms with Gasteiger partial charge in [0, 0.05) is 41.8 Å².